The fraction of sp³-hybridized carbons (Fsp3) is 1.00. The molecule has 0 aliphatic carbocycles. The van der Waals surface area contributed by atoms with Crippen LogP contribution in [0, 0.1) is 10.8 Å². The fourth-order valence-corrected chi connectivity index (χ4v) is 3.44. The molecule has 0 aromatic rings. The highest BCUT2D eigenvalue weighted by Gasteiger charge is 2.33. The lowest BCUT2D eigenvalue weighted by Crippen LogP contribution is -2.43. The molecule has 0 amide bonds. The molecule has 0 heterocycles. The van der Waals surface area contributed by atoms with Crippen LogP contribution in [0.25, 0.3) is 0 Å². The van der Waals surface area contributed by atoms with Crippen molar-refractivity contribution in [2.24, 2.45) is 10.8 Å². The normalized spacial score (nSPS) is 12.4. The molecule has 0 saturated heterocycles. The lowest BCUT2D eigenvalue weighted by Gasteiger charge is -2.33. The van der Waals surface area contributed by atoms with Crippen molar-refractivity contribution >= 4 is 0 Å². The van der Waals surface area contributed by atoms with Gasteiger partial charge in [0.25, 0.3) is 0 Å². The van der Waals surface area contributed by atoms with E-state index in [1.54, 1.807) is 0 Å². The molecule has 0 bridgehead atoms. The van der Waals surface area contributed by atoms with Crippen LogP contribution in [0.4, 0.5) is 0 Å². The van der Waals surface area contributed by atoms with Crippen molar-refractivity contribution in [1.82, 2.24) is 0 Å². The Kier molecular flexibility index (Phi) is 28.1. The van der Waals surface area contributed by atoms with Crippen LogP contribution in [0.2, 0.25) is 0 Å². The molecular weight excluding hydrogens is 540 g/mol. The Hall–Kier alpha value is -0.600. The summed E-state index contributed by atoms with van der Waals surface area (Å²) in [6, 6.07) is 0. The van der Waals surface area contributed by atoms with Gasteiger partial charge in [-0.05, 0) is 0 Å². The highest BCUT2D eigenvalue weighted by atomic mass is 16.6. The predicted molar refractivity (Wildman–Crippen MR) is 140 cm³/mol. The molecule has 0 saturated carbocycles. The van der Waals surface area contributed by atoms with Crippen LogP contribution in [-0.2, 0) is 42.6 Å². The molecule has 15 heteroatoms. The minimum Gasteiger partial charge on any atom is -0.394 e. The van der Waals surface area contributed by atoms with Crippen molar-refractivity contribution in [3.8, 4) is 0 Å². The third-order valence-electron chi connectivity index (χ3n) is 5.28. The van der Waals surface area contributed by atoms with Crippen LogP contribution in [-0.4, -0.2) is 183 Å². The van der Waals surface area contributed by atoms with Gasteiger partial charge in [0, 0.05) is 0 Å². The topological polar surface area (TPSA) is 204 Å². The molecule has 0 fully saturated rings. The third-order valence-corrected chi connectivity index (χ3v) is 5.28. The summed E-state index contributed by atoms with van der Waals surface area (Å²) in [5, 5.41) is 54.3. The van der Waals surface area contributed by atoms with E-state index in [2.05, 4.69) is 0 Å². The third kappa shape index (κ3) is 21.2. The first-order valence-electron chi connectivity index (χ1n) is 13.4. The molecule has 6 N–H and O–H groups in total. The van der Waals surface area contributed by atoms with Gasteiger partial charge in [-0.2, -0.15) is 0 Å². The minimum absolute atomic E-state index is 0.0862. The largest absolute Gasteiger partial charge is 0.394 e. The van der Waals surface area contributed by atoms with Crippen LogP contribution in [0.3, 0.4) is 0 Å². The molecule has 0 spiro atoms. The molecule has 0 aliphatic heterocycles. The number of rotatable bonds is 33. The Morgan fingerprint density at radius 1 is 0.275 bits per heavy atom. The Balaban J connectivity index is 4.62. The maximum absolute atomic E-state index is 9.09. The van der Waals surface area contributed by atoms with Crippen LogP contribution >= 0.6 is 0 Å². The zero-order valence-corrected chi connectivity index (χ0v) is 23.6. The maximum Gasteiger partial charge on any atom is 0.143 e. The van der Waals surface area contributed by atoms with Crippen molar-refractivity contribution < 1.29 is 73.3 Å². The van der Waals surface area contributed by atoms with E-state index in [0.29, 0.717) is 0 Å². The Morgan fingerprint density at radius 3 is 0.750 bits per heavy atom. The SMILES string of the molecule is OCCOCC(COCO)(COCCO)COCCOCCOCC(COCCO)(COCCO)COCCO. The van der Waals surface area contributed by atoms with E-state index < -0.39 is 17.6 Å². The van der Waals surface area contributed by atoms with E-state index in [1.165, 1.54) is 0 Å². The summed E-state index contributed by atoms with van der Waals surface area (Å²) in [6.07, 6.45) is 0. The highest BCUT2D eigenvalue weighted by molar-refractivity contribution is 4.80. The van der Waals surface area contributed by atoms with Gasteiger partial charge < -0.3 is 73.3 Å². The fourth-order valence-electron chi connectivity index (χ4n) is 3.44. The van der Waals surface area contributed by atoms with Gasteiger partial charge in [0.05, 0.1) is 156 Å². The van der Waals surface area contributed by atoms with Crippen molar-refractivity contribution in [2.45, 2.75) is 0 Å². The van der Waals surface area contributed by atoms with Crippen molar-refractivity contribution in [3.05, 3.63) is 0 Å². The lowest BCUT2D eigenvalue weighted by molar-refractivity contribution is -0.134. The molecular formula is C25H52O15. The summed E-state index contributed by atoms with van der Waals surface area (Å²) in [4.78, 5) is 0. The van der Waals surface area contributed by atoms with Gasteiger partial charge in [0.2, 0.25) is 0 Å². The Morgan fingerprint density at radius 2 is 0.500 bits per heavy atom. The highest BCUT2D eigenvalue weighted by Crippen LogP contribution is 2.22. The number of hydrogen-bond acceptors (Lipinski definition) is 15. The first-order chi connectivity index (χ1) is 19.6. The second-order valence-electron chi connectivity index (χ2n) is 9.08. The lowest BCUT2D eigenvalue weighted by atomic mass is 9.92. The first kappa shape index (κ1) is 39.4. The molecule has 242 valence electrons. The van der Waals surface area contributed by atoms with E-state index in [9.17, 15) is 0 Å². The van der Waals surface area contributed by atoms with E-state index in [0.717, 1.165) is 0 Å². The molecule has 0 atom stereocenters. The van der Waals surface area contributed by atoms with E-state index >= 15 is 0 Å². The average molecular weight is 593 g/mol. The molecule has 0 unspecified atom stereocenters. The molecule has 0 radical (unpaired) electrons. The van der Waals surface area contributed by atoms with Crippen LogP contribution in [0.1, 0.15) is 0 Å². The molecule has 0 rings (SSSR count). The van der Waals surface area contributed by atoms with Gasteiger partial charge in [-0.1, -0.05) is 0 Å². The number of aliphatic hydroxyl groups is 6. The standard InChI is InChI=1S/C25H52O15/c26-1-6-33-15-24(16-34-7-2-27,17-35-8-3-28)20-38-13-11-32-12-14-39-21-25(22-40-23-31,18-36-9-4-29)19-37-10-5-30/h26-31H,1-23H2. The number of ether oxygens (including phenoxy) is 9. The number of aliphatic hydroxyl groups excluding tert-OH is 6. The summed E-state index contributed by atoms with van der Waals surface area (Å²) in [5.74, 6) is 0. The second-order valence-corrected chi connectivity index (χ2v) is 9.08. The van der Waals surface area contributed by atoms with Gasteiger partial charge in [0.1, 0.15) is 6.79 Å². The second kappa shape index (κ2) is 28.5. The van der Waals surface area contributed by atoms with E-state index in [1.807, 2.05) is 0 Å². The van der Waals surface area contributed by atoms with Crippen molar-refractivity contribution in [2.75, 3.05) is 152 Å². The Labute approximate surface area is 236 Å². The summed E-state index contributed by atoms with van der Waals surface area (Å²) in [5.41, 5.74) is -1.47. The van der Waals surface area contributed by atoms with Gasteiger partial charge in [-0.15, -0.1) is 0 Å². The average Bonchev–Trinajstić information content (AvgIpc) is 2.95. The smallest absolute Gasteiger partial charge is 0.143 e. The molecule has 0 aliphatic rings. The predicted octanol–water partition coefficient (Wildman–Crippen LogP) is -2.98. The quantitative estimate of drug-likeness (QED) is 0.0332. The van der Waals surface area contributed by atoms with Gasteiger partial charge in [0.15, 0.2) is 0 Å². The van der Waals surface area contributed by atoms with Crippen molar-refractivity contribution in [1.29, 1.82) is 0 Å². The molecule has 40 heavy (non-hydrogen) atoms. The van der Waals surface area contributed by atoms with Crippen molar-refractivity contribution in [3.63, 3.8) is 0 Å². The summed E-state index contributed by atoms with van der Waals surface area (Å²) in [6.45, 7) is 1.87. The van der Waals surface area contributed by atoms with E-state index in [4.69, 9.17) is 73.3 Å². The number of hydrogen-bond donors (Lipinski definition) is 6. The van der Waals surface area contributed by atoms with Crippen LogP contribution in [0.5, 0.6) is 0 Å². The molecule has 0 aromatic heterocycles. The van der Waals surface area contributed by atoms with Crippen LogP contribution < -0.4 is 0 Å². The Bertz CT molecular complexity index is 478. The van der Waals surface area contributed by atoms with Crippen LogP contribution in [0.15, 0.2) is 0 Å². The molecule has 0 aromatic carbocycles. The zero-order chi connectivity index (χ0) is 29.6. The minimum atomic E-state index is -0.756. The monoisotopic (exact) mass is 592 g/mol. The summed E-state index contributed by atoms with van der Waals surface area (Å²) < 4.78 is 49.8. The van der Waals surface area contributed by atoms with Gasteiger partial charge >= 0.3 is 0 Å². The summed E-state index contributed by atoms with van der Waals surface area (Å²) in [7, 11) is 0. The molecule has 15 nitrogen and oxygen atoms in total. The summed E-state index contributed by atoms with van der Waals surface area (Å²) >= 11 is 0. The van der Waals surface area contributed by atoms with Gasteiger partial charge in [-0.3, -0.25) is 0 Å². The van der Waals surface area contributed by atoms with E-state index in [-0.39, 0.29) is 145 Å². The van der Waals surface area contributed by atoms with Gasteiger partial charge in [-0.25, -0.2) is 0 Å². The zero-order valence-electron chi connectivity index (χ0n) is 23.6. The first-order valence-corrected chi connectivity index (χ1v) is 13.4. The maximum atomic E-state index is 9.09.